The van der Waals surface area contributed by atoms with Crippen LogP contribution in [-0.4, -0.2) is 55.4 Å². The molecule has 0 unspecified atom stereocenters. The number of ether oxygens (including phenoxy) is 1. The number of piperidine rings is 1. The van der Waals surface area contributed by atoms with Crippen LogP contribution >= 0.6 is 0 Å². The molecule has 5 nitrogen and oxygen atoms in total. The minimum atomic E-state index is 0.0256. The topological polar surface area (TPSA) is 53.6 Å². The second-order valence-electron chi connectivity index (χ2n) is 9.39. The lowest BCUT2D eigenvalue weighted by atomic mass is 9.57. The third kappa shape index (κ3) is 3.55. The molecule has 0 aromatic carbocycles. The number of amides is 2. The van der Waals surface area contributed by atoms with E-state index in [1.165, 1.54) is 32.2 Å². The molecule has 3 atom stereocenters. The lowest BCUT2D eigenvalue weighted by molar-refractivity contribution is -0.108. The molecule has 2 amide bonds. The van der Waals surface area contributed by atoms with E-state index in [0.29, 0.717) is 18.1 Å². The third-order valence-corrected chi connectivity index (χ3v) is 7.30. The number of nitrogens with one attached hydrogen (secondary N) is 2. The van der Waals surface area contributed by atoms with E-state index in [2.05, 4.69) is 29.4 Å². The second-order valence-corrected chi connectivity index (χ2v) is 9.39. The molecular formula is C20H35N3O2. The quantitative estimate of drug-likeness (QED) is 0.820. The first-order chi connectivity index (χ1) is 12.0. The van der Waals surface area contributed by atoms with Crippen molar-refractivity contribution >= 4 is 6.03 Å². The summed E-state index contributed by atoms with van der Waals surface area (Å²) >= 11 is 0. The Morgan fingerprint density at radius 1 is 1.08 bits per heavy atom. The SMILES string of the molecule is CC1(C)[C@H](NC(=O)NC2CCN(CC3CCCC3)CC2)[C@H]2CCO[C@H]21. The van der Waals surface area contributed by atoms with E-state index < -0.39 is 0 Å². The van der Waals surface area contributed by atoms with Gasteiger partial charge in [-0.3, -0.25) is 0 Å². The Labute approximate surface area is 152 Å². The molecule has 2 saturated heterocycles. The summed E-state index contributed by atoms with van der Waals surface area (Å²) in [5, 5.41) is 6.48. The lowest BCUT2D eigenvalue weighted by Gasteiger charge is -2.54. The summed E-state index contributed by atoms with van der Waals surface area (Å²) < 4.78 is 5.82. The van der Waals surface area contributed by atoms with Crippen molar-refractivity contribution in [2.24, 2.45) is 17.3 Å². The number of likely N-dealkylation sites (tertiary alicyclic amines) is 1. The van der Waals surface area contributed by atoms with Gasteiger partial charge < -0.3 is 20.3 Å². The lowest BCUT2D eigenvalue weighted by Crippen LogP contribution is -2.68. The zero-order valence-electron chi connectivity index (χ0n) is 15.9. The minimum Gasteiger partial charge on any atom is -0.377 e. The zero-order valence-corrected chi connectivity index (χ0v) is 15.9. The number of nitrogens with zero attached hydrogens (tertiary/aromatic N) is 1. The Balaban J connectivity index is 1.19. The van der Waals surface area contributed by atoms with Crippen LogP contribution in [0, 0.1) is 17.3 Å². The predicted molar refractivity (Wildman–Crippen MR) is 98.5 cm³/mol. The average Bonchev–Trinajstić information content (AvgIpc) is 3.25. The van der Waals surface area contributed by atoms with Gasteiger partial charge in [0, 0.05) is 49.7 Å². The van der Waals surface area contributed by atoms with E-state index in [9.17, 15) is 4.79 Å². The Morgan fingerprint density at radius 2 is 1.80 bits per heavy atom. The van der Waals surface area contributed by atoms with Gasteiger partial charge in [0.15, 0.2) is 0 Å². The predicted octanol–water partition coefficient (Wildman–Crippen LogP) is 2.75. The summed E-state index contributed by atoms with van der Waals surface area (Å²) in [6, 6.07) is 0.610. The van der Waals surface area contributed by atoms with Crippen LogP contribution in [-0.2, 0) is 4.74 Å². The normalized spacial score (nSPS) is 36.0. The molecule has 2 heterocycles. The van der Waals surface area contributed by atoms with Gasteiger partial charge in [0.1, 0.15) is 0 Å². The van der Waals surface area contributed by atoms with Crippen molar-refractivity contribution in [1.82, 2.24) is 15.5 Å². The fraction of sp³-hybridized carbons (Fsp3) is 0.950. The van der Waals surface area contributed by atoms with Gasteiger partial charge >= 0.3 is 6.03 Å². The highest BCUT2D eigenvalue weighted by Crippen LogP contribution is 2.52. The zero-order chi connectivity index (χ0) is 17.4. The first-order valence-corrected chi connectivity index (χ1v) is 10.4. The maximum absolute atomic E-state index is 12.5. The molecule has 0 bridgehead atoms. The van der Waals surface area contributed by atoms with E-state index >= 15 is 0 Å². The monoisotopic (exact) mass is 349 g/mol. The Kier molecular flexibility index (Phi) is 4.98. The fourth-order valence-corrected chi connectivity index (χ4v) is 5.80. The van der Waals surface area contributed by atoms with Crippen LogP contribution in [0.25, 0.3) is 0 Å². The summed E-state index contributed by atoms with van der Waals surface area (Å²) in [5.74, 6) is 1.43. The van der Waals surface area contributed by atoms with Gasteiger partial charge in [0.05, 0.1) is 6.10 Å². The van der Waals surface area contributed by atoms with Gasteiger partial charge in [0.25, 0.3) is 0 Å². The number of carbonyl (C=O) groups is 1. The van der Waals surface area contributed by atoms with Crippen molar-refractivity contribution in [3.8, 4) is 0 Å². The van der Waals surface area contributed by atoms with Crippen LogP contribution < -0.4 is 10.6 Å². The molecule has 0 aromatic heterocycles. The van der Waals surface area contributed by atoms with E-state index in [-0.39, 0.29) is 17.5 Å². The van der Waals surface area contributed by atoms with Crippen LogP contribution in [0.1, 0.15) is 58.8 Å². The van der Waals surface area contributed by atoms with Gasteiger partial charge in [-0.25, -0.2) is 4.79 Å². The first-order valence-electron chi connectivity index (χ1n) is 10.4. The molecule has 142 valence electrons. The Bertz CT molecular complexity index is 481. The van der Waals surface area contributed by atoms with Gasteiger partial charge in [-0.2, -0.15) is 0 Å². The van der Waals surface area contributed by atoms with Crippen molar-refractivity contribution in [3.63, 3.8) is 0 Å². The summed E-state index contributed by atoms with van der Waals surface area (Å²) in [6.07, 6.45) is 9.27. The number of hydrogen-bond acceptors (Lipinski definition) is 3. The molecule has 5 heteroatoms. The van der Waals surface area contributed by atoms with Crippen molar-refractivity contribution in [2.45, 2.75) is 77.0 Å². The van der Waals surface area contributed by atoms with E-state index in [1.54, 1.807) is 0 Å². The second kappa shape index (κ2) is 7.07. The minimum absolute atomic E-state index is 0.0256. The van der Waals surface area contributed by atoms with Crippen molar-refractivity contribution in [3.05, 3.63) is 0 Å². The molecule has 2 saturated carbocycles. The Morgan fingerprint density at radius 3 is 2.52 bits per heavy atom. The number of urea groups is 1. The van der Waals surface area contributed by atoms with Crippen LogP contribution in [0.2, 0.25) is 0 Å². The number of carbonyl (C=O) groups excluding carboxylic acids is 1. The summed E-state index contributed by atoms with van der Waals surface area (Å²) in [7, 11) is 0. The van der Waals surface area contributed by atoms with Crippen molar-refractivity contribution in [2.75, 3.05) is 26.2 Å². The maximum atomic E-state index is 12.5. The molecule has 2 aliphatic heterocycles. The number of fused-ring (bicyclic) bond motifs is 1. The fourth-order valence-electron chi connectivity index (χ4n) is 5.80. The molecule has 4 rings (SSSR count). The van der Waals surface area contributed by atoms with Gasteiger partial charge in [-0.1, -0.05) is 26.7 Å². The summed E-state index contributed by atoms with van der Waals surface area (Å²) in [5.41, 5.74) is 0.0587. The Hall–Kier alpha value is -0.810. The van der Waals surface area contributed by atoms with Crippen LogP contribution in [0.3, 0.4) is 0 Å². The molecule has 2 aliphatic carbocycles. The highest BCUT2D eigenvalue weighted by molar-refractivity contribution is 5.75. The molecule has 4 fully saturated rings. The average molecular weight is 350 g/mol. The first kappa shape index (κ1) is 17.6. The van der Waals surface area contributed by atoms with Gasteiger partial charge in [0.2, 0.25) is 0 Å². The molecule has 0 spiro atoms. The maximum Gasteiger partial charge on any atom is 0.315 e. The number of hydrogen-bond donors (Lipinski definition) is 2. The summed E-state index contributed by atoms with van der Waals surface area (Å²) in [6.45, 7) is 8.82. The molecular weight excluding hydrogens is 314 g/mol. The third-order valence-electron chi connectivity index (χ3n) is 7.30. The molecule has 2 N–H and O–H groups in total. The number of rotatable bonds is 4. The van der Waals surface area contributed by atoms with Crippen molar-refractivity contribution < 1.29 is 9.53 Å². The molecule has 25 heavy (non-hydrogen) atoms. The summed E-state index contributed by atoms with van der Waals surface area (Å²) in [4.78, 5) is 15.1. The smallest absolute Gasteiger partial charge is 0.315 e. The molecule has 4 aliphatic rings. The highest BCUT2D eigenvalue weighted by atomic mass is 16.5. The molecule has 0 aromatic rings. The van der Waals surface area contributed by atoms with Crippen LogP contribution in [0.15, 0.2) is 0 Å². The van der Waals surface area contributed by atoms with Crippen LogP contribution in [0.5, 0.6) is 0 Å². The van der Waals surface area contributed by atoms with Gasteiger partial charge in [-0.05, 0) is 38.0 Å². The molecule has 0 radical (unpaired) electrons. The van der Waals surface area contributed by atoms with Crippen LogP contribution in [0.4, 0.5) is 4.79 Å². The standard InChI is InChI=1S/C20H35N3O2/c1-20(2)17(16-9-12-25-18(16)20)22-19(24)21-15-7-10-23(11-8-15)13-14-5-3-4-6-14/h14-18H,3-13H2,1-2H3,(H2,21,22,24)/t16-,17-,18-/m1/s1. The largest absolute Gasteiger partial charge is 0.377 e. The van der Waals surface area contributed by atoms with Crippen molar-refractivity contribution in [1.29, 1.82) is 0 Å². The van der Waals surface area contributed by atoms with E-state index in [4.69, 9.17) is 4.74 Å². The van der Waals surface area contributed by atoms with E-state index in [0.717, 1.165) is 44.9 Å². The highest BCUT2D eigenvalue weighted by Gasteiger charge is 2.59. The van der Waals surface area contributed by atoms with Gasteiger partial charge in [-0.15, -0.1) is 0 Å². The van der Waals surface area contributed by atoms with E-state index in [1.807, 2.05) is 0 Å².